The van der Waals surface area contributed by atoms with E-state index >= 15 is 0 Å². The van der Waals surface area contributed by atoms with E-state index in [-0.39, 0.29) is 23.0 Å². The molecule has 2 aliphatic heterocycles. The lowest BCUT2D eigenvalue weighted by molar-refractivity contribution is 0.589. The van der Waals surface area contributed by atoms with Gasteiger partial charge < -0.3 is 19.1 Å². The molecule has 12 aromatic carbocycles. The normalized spacial score (nSPS) is 13.0. The number of fused-ring (bicyclic) bond motifs is 8. The number of aryl methyl sites for hydroxylation is 2. The molecule has 0 saturated heterocycles. The Morgan fingerprint density at radius 2 is 0.899 bits per heavy atom. The van der Waals surface area contributed by atoms with Crippen molar-refractivity contribution >= 4 is 107 Å². The predicted molar refractivity (Wildman–Crippen MR) is 382 cm³/mol. The molecule has 4 nitrogen and oxygen atoms in total. The largest absolute Gasteiger partial charge is 0.455 e. The lowest BCUT2D eigenvalue weighted by Crippen LogP contribution is -2.61. The number of hydrogen-bond donors (Lipinski definition) is 0. The molecule has 434 valence electrons. The molecule has 0 amide bonds. The molecule has 0 N–H and O–H groups in total. The third kappa shape index (κ3) is 9.44. The van der Waals surface area contributed by atoms with E-state index in [1.54, 1.807) is 0 Å². The summed E-state index contributed by atoms with van der Waals surface area (Å²) in [6.07, 6.45) is 0. The molecule has 0 unspecified atom stereocenters. The van der Waals surface area contributed by atoms with Crippen LogP contribution in [0.2, 0.25) is 0 Å². The first kappa shape index (κ1) is 55.7. The highest BCUT2D eigenvalue weighted by Crippen LogP contribution is 2.51. The van der Waals surface area contributed by atoms with Gasteiger partial charge in [0.2, 0.25) is 0 Å². The third-order valence-corrected chi connectivity index (χ3v) is 18.9. The van der Waals surface area contributed by atoms with Gasteiger partial charge in [-0.2, -0.15) is 0 Å². The molecule has 0 aliphatic carbocycles. The minimum atomic E-state index is -0.226. The number of para-hydroxylation sites is 2. The zero-order valence-electron chi connectivity index (χ0n) is 53.0. The van der Waals surface area contributed by atoms with Crippen LogP contribution in [0.25, 0.3) is 66.1 Å². The van der Waals surface area contributed by atoms with Gasteiger partial charge in [0.1, 0.15) is 11.2 Å². The zero-order chi connectivity index (χ0) is 61.3. The van der Waals surface area contributed by atoms with Crippen molar-refractivity contribution in [2.24, 2.45) is 0 Å². The number of nitrogens with zero attached hydrogens (tertiary/aromatic N) is 3. The molecule has 1 aromatic heterocycles. The minimum Gasteiger partial charge on any atom is -0.455 e. The van der Waals surface area contributed by atoms with E-state index in [4.69, 9.17) is 4.42 Å². The fourth-order valence-corrected chi connectivity index (χ4v) is 14.3. The number of furan rings is 1. The lowest BCUT2D eigenvalue weighted by Gasteiger charge is -2.45. The maximum atomic E-state index is 6.69. The van der Waals surface area contributed by atoms with Crippen LogP contribution in [0.5, 0.6) is 0 Å². The number of anilines is 9. The van der Waals surface area contributed by atoms with E-state index in [1.165, 1.54) is 100.0 Å². The molecule has 89 heavy (non-hydrogen) atoms. The van der Waals surface area contributed by atoms with Crippen molar-refractivity contribution in [3.8, 4) is 33.4 Å². The van der Waals surface area contributed by atoms with Crippen LogP contribution in [0.4, 0.5) is 51.2 Å². The van der Waals surface area contributed by atoms with E-state index in [0.29, 0.717) is 0 Å². The number of benzene rings is 12. The highest BCUT2D eigenvalue weighted by molar-refractivity contribution is 7.00. The van der Waals surface area contributed by atoms with E-state index in [9.17, 15) is 0 Å². The van der Waals surface area contributed by atoms with Gasteiger partial charge in [0, 0.05) is 61.5 Å². The van der Waals surface area contributed by atoms with Gasteiger partial charge in [-0.25, -0.2) is 0 Å². The Morgan fingerprint density at radius 1 is 0.348 bits per heavy atom. The van der Waals surface area contributed by atoms with Gasteiger partial charge in [-0.05, 0) is 174 Å². The SMILES string of the molecule is Cc1cc(C(C)(C)C)cc(C)c1N(c1ccc(C(C)(C)C)cc1)c1ccc2c(c1)N(c1ccc(-c3cccc4c3oc3ccccc34)cc1)c1cc(C(C)(C)C)cc3c1B2c1cc(-c2ccccc2)ccc1N3c1ccc(-c2ccccc2)c2ccccc12. The van der Waals surface area contributed by atoms with Crippen LogP contribution in [0.1, 0.15) is 90.1 Å². The average molecular weight is 1150 g/mol. The fraction of sp³-hybridized carbons (Fsp3) is 0.167. The molecule has 13 aromatic rings. The van der Waals surface area contributed by atoms with Gasteiger partial charge >= 0.3 is 0 Å². The van der Waals surface area contributed by atoms with Crippen molar-refractivity contribution in [1.29, 1.82) is 0 Å². The van der Waals surface area contributed by atoms with Gasteiger partial charge in [0.05, 0.1) is 11.4 Å². The molecule has 0 saturated carbocycles. The number of rotatable bonds is 8. The zero-order valence-corrected chi connectivity index (χ0v) is 53.0. The topological polar surface area (TPSA) is 22.9 Å². The first-order chi connectivity index (χ1) is 42.9. The quantitative estimate of drug-likeness (QED) is 0.141. The summed E-state index contributed by atoms with van der Waals surface area (Å²) in [6, 6.07) is 93.5. The maximum Gasteiger partial charge on any atom is 0.252 e. The second-order valence-electron chi connectivity index (χ2n) is 27.9. The fourth-order valence-electron chi connectivity index (χ4n) is 14.3. The average Bonchev–Trinajstić information content (AvgIpc) is 0.977. The molecular weight excluding hydrogens is 1080 g/mol. The van der Waals surface area contributed by atoms with Crippen molar-refractivity contribution in [1.82, 2.24) is 0 Å². The second-order valence-corrected chi connectivity index (χ2v) is 27.9. The van der Waals surface area contributed by atoms with Crippen LogP contribution >= 0.6 is 0 Å². The lowest BCUT2D eigenvalue weighted by atomic mass is 9.33. The van der Waals surface area contributed by atoms with Crippen molar-refractivity contribution < 1.29 is 4.42 Å². The summed E-state index contributed by atoms with van der Waals surface area (Å²) in [5, 5.41) is 4.66. The van der Waals surface area contributed by atoms with Crippen molar-refractivity contribution in [2.75, 3.05) is 14.7 Å². The Labute approximate surface area is 525 Å². The Balaban J connectivity index is 1.02. The van der Waals surface area contributed by atoms with Crippen LogP contribution in [0.15, 0.2) is 253 Å². The van der Waals surface area contributed by atoms with Gasteiger partial charge in [0.25, 0.3) is 6.71 Å². The Morgan fingerprint density at radius 3 is 1.57 bits per heavy atom. The van der Waals surface area contributed by atoms with Crippen molar-refractivity contribution in [2.45, 2.75) is 92.4 Å². The van der Waals surface area contributed by atoms with Gasteiger partial charge in [-0.1, -0.05) is 244 Å². The Hall–Kier alpha value is -9.84. The predicted octanol–water partition coefficient (Wildman–Crippen LogP) is 21.8. The van der Waals surface area contributed by atoms with Gasteiger partial charge in [0.15, 0.2) is 0 Å². The van der Waals surface area contributed by atoms with Gasteiger partial charge in [-0.15, -0.1) is 0 Å². The molecule has 15 rings (SSSR count). The Bertz CT molecular complexity index is 4900. The van der Waals surface area contributed by atoms with E-state index in [1.807, 2.05) is 0 Å². The van der Waals surface area contributed by atoms with E-state index in [0.717, 1.165) is 61.5 Å². The standard InChI is InChI=1S/C84H74BN3O/c1-53-47-60(83(6,7)8)48-54(2)80(53)86(62-40-36-59(37-41-62)82(3,4)5)64-42-44-71-75(52-64)87(63-38-33-57(34-39-63)66-30-22-31-70-69-29-20-21-32-78(69)89-81(66)70)76-50-61(84(9,10)11)51-77-79(76)85(71)72-49-58(55-23-14-12-15-24-55)35-45-74(72)88(77)73-46-43-65(56-25-16-13-17-26-56)67-27-18-19-28-68(67)73/h12-52H,1-11H3. The molecule has 0 bridgehead atoms. The molecule has 0 spiro atoms. The summed E-state index contributed by atoms with van der Waals surface area (Å²) in [5.41, 5.74) is 29.0. The monoisotopic (exact) mass is 1150 g/mol. The smallest absolute Gasteiger partial charge is 0.252 e. The van der Waals surface area contributed by atoms with Gasteiger partial charge in [-0.3, -0.25) is 0 Å². The summed E-state index contributed by atoms with van der Waals surface area (Å²) in [7, 11) is 0. The summed E-state index contributed by atoms with van der Waals surface area (Å²) in [6.45, 7) is 25.4. The Kier molecular flexibility index (Phi) is 13.1. The number of hydrogen-bond acceptors (Lipinski definition) is 4. The molecule has 0 atom stereocenters. The molecule has 0 radical (unpaired) electrons. The molecule has 5 heteroatoms. The first-order valence-corrected chi connectivity index (χ1v) is 31.6. The van der Waals surface area contributed by atoms with Crippen LogP contribution in [0.3, 0.4) is 0 Å². The van der Waals surface area contributed by atoms with Crippen LogP contribution < -0.4 is 31.1 Å². The molecule has 2 aliphatic rings. The minimum absolute atomic E-state index is 0.00684. The van der Waals surface area contributed by atoms with Crippen LogP contribution in [-0.4, -0.2) is 6.71 Å². The van der Waals surface area contributed by atoms with E-state index < -0.39 is 0 Å². The molecule has 0 fully saturated rings. The highest BCUT2D eigenvalue weighted by atomic mass is 16.3. The van der Waals surface area contributed by atoms with E-state index in [2.05, 4.69) is 340 Å². The maximum absolute atomic E-state index is 6.69. The van der Waals surface area contributed by atoms with Crippen molar-refractivity contribution in [3.63, 3.8) is 0 Å². The summed E-state index contributed by atoms with van der Waals surface area (Å²) >= 11 is 0. The second kappa shape index (κ2) is 20.9. The molecular formula is C84H74BN3O. The summed E-state index contributed by atoms with van der Waals surface area (Å²) in [5.74, 6) is 0. The van der Waals surface area contributed by atoms with Crippen molar-refractivity contribution in [3.05, 3.63) is 277 Å². The van der Waals surface area contributed by atoms with Crippen LogP contribution in [-0.2, 0) is 16.2 Å². The summed E-state index contributed by atoms with van der Waals surface area (Å²) in [4.78, 5) is 7.73. The third-order valence-electron chi connectivity index (χ3n) is 18.9. The highest BCUT2D eigenvalue weighted by Gasteiger charge is 2.45. The molecule has 3 heterocycles. The summed E-state index contributed by atoms with van der Waals surface area (Å²) < 4.78 is 6.69. The first-order valence-electron chi connectivity index (χ1n) is 31.6. The van der Waals surface area contributed by atoms with Crippen LogP contribution in [0, 0.1) is 13.8 Å².